The molecular formula is C19H22FN3O2S. The van der Waals surface area contributed by atoms with Gasteiger partial charge < -0.3 is 10.2 Å². The van der Waals surface area contributed by atoms with Gasteiger partial charge in [-0.1, -0.05) is 6.92 Å². The third-order valence-electron chi connectivity index (χ3n) is 4.57. The van der Waals surface area contributed by atoms with Gasteiger partial charge in [-0.2, -0.15) is 0 Å². The fourth-order valence-electron chi connectivity index (χ4n) is 3.22. The van der Waals surface area contributed by atoms with E-state index in [-0.39, 0.29) is 17.6 Å². The van der Waals surface area contributed by atoms with Crippen LogP contribution in [0.2, 0.25) is 0 Å². The van der Waals surface area contributed by atoms with Crippen molar-refractivity contribution in [1.29, 1.82) is 0 Å². The Bertz CT molecular complexity index is 804. The topological polar surface area (TPSA) is 62.3 Å². The molecule has 3 rings (SSSR count). The number of aryl methyl sites for hydroxylation is 1. The van der Waals surface area contributed by atoms with E-state index < -0.39 is 6.04 Å². The van der Waals surface area contributed by atoms with Crippen molar-refractivity contribution in [3.05, 3.63) is 35.0 Å². The minimum absolute atomic E-state index is 0.00664. The largest absolute Gasteiger partial charge is 0.331 e. The van der Waals surface area contributed by atoms with E-state index in [1.54, 1.807) is 17.0 Å². The number of rotatable bonds is 4. The summed E-state index contributed by atoms with van der Waals surface area (Å²) in [5.41, 5.74) is 1.54. The summed E-state index contributed by atoms with van der Waals surface area (Å²) in [7, 11) is 0. The zero-order chi connectivity index (χ0) is 18.7. The molecule has 0 saturated carbocycles. The third-order valence-corrected chi connectivity index (χ3v) is 5.46. The summed E-state index contributed by atoms with van der Waals surface area (Å²) in [6, 6.07) is 5.69. The van der Waals surface area contributed by atoms with E-state index in [1.807, 2.05) is 13.8 Å². The number of piperidine rings is 1. The van der Waals surface area contributed by atoms with E-state index in [0.717, 1.165) is 29.0 Å². The molecule has 1 unspecified atom stereocenters. The van der Waals surface area contributed by atoms with Crippen LogP contribution in [0.4, 0.5) is 9.52 Å². The molecule has 2 amide bonds. The van der Waals surface area contributed by atoms with Crippen LogP contribution in [0.15, 0.2) is 24.3 Å². The van der Waals surface area contributed by atoms with Gasteiger partial charge in [0.05, 0.1) is 5.69 Å². The van der Waals surface area contributed by atoms with Gasteiger partial charge in [0, 0.05) is 23.4 Å². The van der Waals surface area contributed by atoms with Gasteiger partial charge in [-0.25, -0.2) is 9.37 Å². The van der Waals surface area contributed by atoms with Crippen LogP contribution in [0.25, 0.3) is 11.3 Å². The molecule has 1 aromatic carbocycles. The molecule has 1 N–H and O–H groups in total. The van der Waals surface area contributed by atoms with E-state index in [0.29, 0.717) is 24.5 Å². The van der Waals surface area contributed by atoms with Gasteiger partial charge in [0.2, 0.25) is 11.8 Å². The van der Waals surface area contributed by atoms with Gasteiger partial charge in [-0.3, -0.25) is 9.59 Å². The first-order valence-electron chi connectivity index (χ1n) is 8.83. The molecule has 0 radical (unpaired) electrons. The number of amides is 2. The first kappa shape index (κ1) is 18.5. The summed E-state index contributed by atoms with van der Waals surface area (Å²) in [6.45, 7) is 4.35. The summed E-state index contributed by atoms with van der Waals surface area (Å²) >= 11 is 1.38. The van der Waals surface area contributed by atoms with E-state index in [4.69, 9.17) is 0 Å². The number of halogens is 1. The molecule has 1 atom stereocenters. The van der Waals surface area contributed by atoms with Gasteiger partial charge in [0.1, 0.15) is 11.9 Å². The van der Waals surface area contributed by atoms with Crippen LogP contribution < -0.4 is 5.32 Å². The van der Waals surface area contributed by atoms with Crippen LogP contribution in [0.1, 0.15) is 37.5 Å². The fraction of sp³-hybridized carbons (Fsp3) is 0.421. The smallest absolute Gasteiger partial charge is 0.248 e. The number of anilines is 1. The predicted molar refractivity (Wildman–Crippen MR) is 101 cm³/mol. The molecule has 1 aromatic heterocycles. The zero-order valence-electron chi connectivity index (χ0n) is 14.9. The van der Waals surface area contributed by atoms with Crippen molar-refractivity contribution in [2.45, 2.75) is 45.6 Å². The first-order chi connectivity index (χ1) is 12.5. The van der Waals surface area contributed by atoms with Gasteiger partial charge in [-0.05, 0) is 50.5 Å². The molecule has 2 aromatic rings. The van der Waals surface area contributed by atoms with Crippen molar-refractivity contribution < 1.29 is 14.0 Å². The van der Waals surface area contributed by atoms with Gasteiger partial charge in [0.25, 0.3) is 0 Å². The molecule has 2 heterocycles. The number of hydrogen-bond acceptors (Lipinski definition) is 4. The zero-order valence-corrected chi connectivity index (χ0v) is 15.7. The molecule has 5 nitrogen and oxygen atoms in total. The normalized spacial score (nSPS) is 17.2. The number of hydrogen-bond donors (Lipinski definition) is 1. The standard InChI is InChI=1S/C19H22FN3O2S/c1-3-16(24)23-11-5-4-6-15(23)18(25)22-19-21-17(12(2)26-19)13-7-9-14(20)10-8-13/h7-10,15H,3-6,11H2,1-2H3,(H,21,22,25). The van der Waals surface area contributed by atoms with Crippen LogP contribution >= 0.6 is 11.3 Å². The number of nitrogens with zero attached hydrogens (tertiary/aromatic N) is 2. The number of thiazole rings is 1. The van der Waals surface area contributed by atoms with Gasteiger partial charge >= 0.3 is 0 Å². The summed E-state index contributed by atoms with van der Waals surface area (Å²) < 4.78 is 13.1. The maximum atomic E-state index is 13.1. The van der Waals surface area contributed by atoms with Gasteiger partial charge in [0.15, 0.2) is 5.13 Å². The molecule has 138 valence electrons. The van der Waals surface area contributed by atoms with Crippen LogP contribution in [-0.2, 0) is 9.59 Å². The lowest BCUT2D eigenvalue weighted by Crippen LogP contribution is -2.49. The number of carbonyl (C=O) groups is 2. The summed E-state index contributed by atoms with van der Waals surface area (Å²) in [5, 5.41) is 3.36. The number of likely N-dealkylation sites (tertiary alicyclic amines) is 1. The molecule has 26 heavy (non-hydrogen) atoms. The monoisotopic (exact) mass is 375 g/mol. The predicted octanol–water partition coefficient (Wildman–Crippen LogP) is 3.99. The quantitative estimate of drug-likeness (QED) is 0.879. The highest BCUT2D eigenvalue weighted by Gasteiger charge is 2.31. The minimum atomic E-state index is -0.435. The van der Waals surface area contributed by atoms with Crippen molar-refractivity contribution in [1.82, 2.24) is 9.88 Å². The highest BCUT2D eigenvalue weighted by molar-refractivity contribution is 7.16. The van der Waals surface area contributed by atoms with Gasteiger partial charge in [-0.15, -0.1) is 11.3 Å². The molecule has 1 aliphatic heterocycles. The highest BCUT2D eigenvalue weighted by Crippen LogP contribution is 2.31. The van der Waals surface area contributed by atoms with Crippen molar-refractivity contribution >= 4 is 28.3 Å². The average Bonchev–Trinajstić information content (AvgIpc) is 3.01. The second-order valence-corrected chi connectivity index (χ2v) is 7.58. The van der Waals surface area contributed by atoms with E-state index in [9.17, 15) is 14.0 Å². The third kappa shape index (κ3) is 3.93. The summed E-state index contributed by atoms with van der Waals surface area (Å²) in [4.78, 5) is 31.9. The lowest BCUT2D eigenvalue weighted by molar-refractivity contribution is -0.140. The van der Waals surface area contributed by atoms with Crippen molar-refractivity contribution in [2.24, 2.45) is 0 Å². The Balaban J connectivity index is 1.76. The van der Waals surface area contributed by atoms with Crippen molar-refractivity contribution in [3.8, 4) is 11.3 Å². The van der Waals surface area contributed by atoms with Crippen molar-refractivity contribution in [2.75, 3.05) is 11.9 Å². The van der Waals surface area contributed by atoms with Crippen LogP contribution in [0, 0.1) is 12.7 Å². The number of benzene rings is 1. The molecule has 1 fully saturated rings. The fourth-order valence-corrected chi connectivity index (χ4v) is 4.06. The SMILES string of the molecule is CCC(=O)N1CCCCC1C(=O)Nc1nc(-c2ccc(F)cc2)c(C)s1. The number of nitrogens with one attached hydrogen (secondary N) is 1. The molecule has 0 bridgehead atoms. The maximum Gasteiger partial charge on any atom is 0.248 e. The van der Waals surface area contributed by atoms with Crippen molar-refractivity contribution in [3.63, 3.8) is 0 Å². The van der Waals surface area contributed by atoms with Crippen LogP contribution in [0.3, 0.4) is 0 Å². The van der Waals surface area contributed by atoms with E-state index in [2.05, 4.69) is 10.3 Å². The van der Waals surface area contributed by atoms with Crippen LogP contribution in [-0.4, -0.2) is 34.3 Å². The highest BCUT2D eigenvalue weighted by atomic mass is 32.1. The molecule has 1 saturated heterocycles. The Morgan fingerprint density at radius 3 is 2.73 bits per heavy atom. The second kappa shape index (κ2) is 7.95. The second-order valence-electron chi connectivity index (χ2n) is 6.37. The van der Waals surface area contributed by atoms with E-state index >= 15 is 0 Å². The Labute approximate surface area is 156 Å². The maximum absolute atomic E-state index is 13.1. The Kier molecular flexibility index (Phi) is 5.66. The van der Waals surface area contributed by atoms with E-state index in [1.165, 1.54) is 23.5 Å². The Morgan fingerprint density at radius 1 is 1.31 bits per heavy atom. The minimum Gasteiger partial charge on any atom is -0.331 e. The Hall–Kier alpha value is -2.28. The van der Waals surface area contributed by atoms with Crippen LogP contribution in [0.5, 0.6) is 0 Å². The number of carbonyl (C=O) groups excluding carboxylic acids is 2. The molecule has 0 aliphatic carbocycles. The summed E-state index contributed by atoms with van der Waals surface area (Å²) in [5.74, 6) is -0.480. The Morgan fingerprint density at radius 2 is 2.04 bits per heavy atom. The molecular weight excluding hydrogens is 353 g/mol. The lowest BCUT2D eigenvalue weighted by atomic mass is 10.0. The lowest BCUT2D eigenvalue weighted by Gasteiger charge is -2.34. The molecule has 0 spiro atoms. The summed E-state index contributed by atoms with van der Waals surface area (Å²) in [6.07, 6.45) is 2.94. The number of aromatic nitrogens is 1. The molecule has 1 aliphatic rings. The first-order valence-corrected chi connectivity index (χ1v) is 9.65. The average molecular weight is 375 g/mol. The molecule has 7 heteroatoms.